The van der Waals surface area contributed by atoms with Gasteiger partial charge in [0.1, 0.15) is 5.82 Å². The number of para-hydroxylation sites is 2. The third-order valence-corrected chi connectivity index (χ3v) is 4.63. The number of rotatable bonds is 5. The third-order valence-electron chi connectivity index (χ3n) is 4.63. The molecule has 1 N–H and O–H groups in total. The minimum atomic E-state index is -0.266. The predicted octanol–water partition coefficient (Wildman–Crippen LogP) is 3.40. The van der Waals surface area contributed by atoms with Crippen LogP contribution in [0.15, 0.2) is 24.3 Å². The molecule has 0 radical (unpaired) electrons. The molecular formula is C17H24N2O. The van der Waals surface area contributed by atoms with Gasteiger partial charge in [-0.1, -0.05) is 32.9 Å². The lowest BCUT2D eigenvalue weighted by Crippen LogP contribution is -2.19. The van der Waals surface area contributed by atoms with Crippen LogP contribution in [-0.2, 0) is 13.0 Å². The molecule has 0 spiro atoms. The van der Waals surface area contributed by atoms with E-state index in [-0.39, 0.29) is 6.10 Å². The molecule has 3 heteroatoms. The average Bonchev–Trinajstić information content (AvgIpc) is 2.92. The normalized spacial score (nSPS) is 22.1. The van der Waals surface area contributed by atoms with E-state index in [9.17, 15) is 5.11 Å². The maximum atomic E-state index is 10.4. The third kappa shape index (κ3) is 2.35. The van der Waals surface area contributed by atoms with E-state index in [1.165, 1.54) is 5.52 Å². The first kappa shape index (κ1) is 13.6. The first-order chi connectivity index (χ1) is 9.53. The van der Waals surface area contributed by atoms with Crippen LogP contribution >= 0.6 is 0 Å². The van der Waals surface area contributed by atoms with E-state index in [0.29, 0.717) is 17.8 Å². The van der Waals surface area contributed by atoms with Gasteiger partial charge in [-0.05, 0) is 36.3 Å². The molecule has 108 valence electrons. The smallest absolute Gasteiger partial charge is 0.112 e. The first-order valence-corrected chi connectivity index (χ1v) is 7.65. The van der Waals surface area contributed by atoms with Crippen molar-refractivity contribution in [3.63, 3.8) is 0 Å². The summed E-state index contributed by atoms with van der Waals surface area (Å²) in [5, 5.41) is 10.4. The highest BCUT2D eigenvalue weighted by Crippen LogP contribution is 2.54. The zero-order chi connectivity index (χ0) is 14.3. The fourth-order valence-corrected chi connectivity index (χ4v) is 3.25. The highest BCUT2D eigenvalue weighted by Gasteiger charge is 2.49. The Hall–Kier alpha value is -1.35. The van der Waals surface area contributed by atoms with Crippen molar-refractivity contribution >= 4 is 11.0 Å². The summed E-state index contributed by atoms with van der Waals surface area (Å²) in [5.74, 6) is 1.46. The molecule has 2 atom stereocenters. The summed E-state index contributed by atoms with van der Waals surface area (Å²) in [6, 6.07) is 8.25. The molecule has 1 aromatic heterocycles. The fourth-order valence-electron chi connectivity index (χ4n) is 3.25. The average molecular weight is 272 g/mol. The van der Waals surface area contributed by atoms with E-state index in [4.69, 9.17) is 4.98 Å². The maximum Gasteiger partial charge on any atom is 0.112 e. The second-order valence-electron chi connectivity index (χ2n) is 6.74. The summed E-state index contributed by atoms with van der Waals surface area (Å²) >= 11 is 0. The van der Waals surface area contributed by atoms with Crippen molar-refractivity contribution in [3.8, 4) is 0 Å². The molecule has 1 aliphatic rings. The van der Waals surface area contributed by atoms with E-state index >= 15 is 0 Å². The molecule has 3 rings (SSSR count). The summed E-state index contributed by atoms with van der Waals surface area (Å²) in [4.78, 5) is 4.73. The Kier molecular flexibility index (Phi) is 3.33. The van der Waals surface area contributed by atoms with Crippen molar-refractivity contribution in [2.45, 2.75) is 52.7 Å². The van der Waals surface area contributed by atoms with Gasteiger partial charge in [-0.15, -0.1) is 0 Å². The molecule has 20 heavy (non-hydrogen) atoms. The monoisotopic (exact) mass is 272 g/mol. The van der Waals surface area contributed by atoms with Crippen LogP contribution in [0.2, 0.25) is 0 Å². The van der Waals surface area contributed by atoms with E-state index < -0.39 is 0 Å². The van der Waals surface area contributed by atoms with Crippen LogP contribution in [0.25, 0.3) is 11.0 Å². The highest BCUT2D eigenvalue weighted by molar-refractivity contribution is 5.75. The minimum absolute atomic E-state index is 0.266. The van der Waals surface area contributed by atoms with Crippen molar-refractivity contribution in [2.24, 2.45) is 11.3 Å². The lowest BCUT2D eigenvalue weighted by Gasteiger charge is -2.13. The number of imidazole rings is 1. The Morgan fingerprint density at radius 2 is 2.10 bits per heavy atom. The standard InChI is InChI=1S/C17H24N2O/c1-4-9-19-14-8-6-5-7-13(14)18-16(19)10-15(20)12-11-17(12,2)3/h5-8,12,15,20H,4,9-11H2,1-3H3. The second kappa shape index (κ2) is 4.88. The van der Waals surface area contributed by atoms with Gasteiger partial charge in [-0.3, -0.25) is 0 Å². The van der Waals surface area contributed by atoms with Crippen LogP contribution in [0, 0.1) is 11.3 Å². The number of nitrogens with zero attached hydrogens (tertiary/aromatic N) is 2. The fraction of sp³-hybridized carbons (Fsp3) is 0.588. The predicted molar refractivity (Wildman–Crippen MR) is 81.6 cm³/mol. The van der Waals surface area contributed by atoms with Gasteiger partial charge >= 0.3 is 0 Å². The zero-order valence-corrected chi connectivity index (χ0v) is 12.6. The summed E-state index contributed by atoms with van der Waals surface area (Å²) in [5.41, 5.74) is 2.53. The molecule has 0 saturated heterocycles. The molecule has 1 heterocycles. The van der Waals surface area contributed by atoms with E-state index in [1.54, 1.807) is 0 Å². The van der Waals surface area contributed by atoms with Gasteiger partial charge in [0.15, 0.2) is 0 Å². The number of hydrogen-bond acceptors (Lipinski definition) is 2. The Morgan fingerprint density at radius 3 is 2.75 bits per heavy atom. The number of fused-ring (bicyclic) bond motifs is 1. The molecule has 0 aliphatic heterocycles. The van der Waals surface area contributed by atoms with Crippen molar-refractivity contribution in [3.05, 3.63) is 30.1 Å². The van der Waals surface area contributed by atoms with Gasteiger partial charge in [0.25, 0.3) is 0 Å². The van der Waals surface area contributed by atoms with Gasteiger partial charge < -0.3 is 9.67 Å². The van der Waals surface area contributed by atoms with Crippen molar-refractivity contribution in [2.75, 3.05) is 0 Å². The van der Waals surface area contributed by atoms with Gasteiger partial charge in [0, 0.05) is 13.0 Å². The molecule has 2 unspecified atom stereocenters. The van der Waals surface area contributed by atoms with Crippen LogP contribution in [0.4, 0.5) is 0 Å². The quantitative estimate of drug-likeness (QED) is 0.906. The van der Waals surface area contributed by atoms with Gasteiger partial charge in [0.2, 0.25) is 0 Å². The topological polar surface area (TPSA) is 38.0 Å². The molecule has 1 fully saturated rings. The number of aliphatic hydroxyl groups excluding tert-OH is 1. The van der Waals surface area contributed by atoms with Crippen molar-refractivity contribution in [1.29, 1.82) is 0 Å². The Morgan fingerprint density at radius 1 is 1.40 bits per heavy atom. The van der Waals surface area contributed by atoms with Crippen molar-refractivity contribution < 1.29 is 5.11 Å². The van der Waals surface area contributed by atoms with E-state index in [1.807, 2.05) is 6.07 Å². The molecular weight excluding hydrogens is 248 g/mol. The lowest BCUT2D eigenvalue weighted by molar-refractivity contribution is 0.133. The molecule has 3 nitrogen and oxygen atoms in total. The zero-order valence-electron chi connectivity index (χ0n) is 12.6. The second-order valence-corrected chi connectivity index (χ2v) is 6.74. The van der Waals surface area contributed by atoms with Gasteiger partial charge in [0.05, 0.1) is 17.1 Å². The van der Waals surface area contributed by atoms with Gasteiger partial charge in [-0.25, -0.2) is 4.98 Å². The largest absolute Gasteiger partial charge is 0.392 e. The van der Waals surface area contributed by atoms with Crippen LogP contribution < -0.4 is 0 Å². The summed E-state index contributed by atoms with van der Waals surface area (Å²) in [6.45, 7) is 7.61. The van der Waals surface area contributed by atoms with Crippen LogP contribution in [0.5, 0.6) is 0 Å². The number of hydrogen-bond donors (Lipinski definition) is 1. The Bertz CT molecular complexity index is 614. The molecule has 0 amide bonds. The van der Waals surface area contributed by atoms with Crippen LogP contribution in [-0.4, -0.2) is 20.8 Å². The minimum Gasteiger partial charge on any atom is -0.392 e. The summed E-state index contributed by atoms with van der Waals surface area (Å²) < 4.78 is 2.27. The highest BCUT2D eigenvalue weighted by atomic mass is 16.3. The van der Waals surface area contributed by atoms with Crippen LogP contribution in [0.3, 0.4) is 0 Å². The summed E-state index contributed by atoms with van der Waals surface area (Å²) in [7, 11) is 0. The number of benzene rings is 1. The Labute approximate surface area is 120 Å². The number of aliphatic hydroxyl groups is 1. The summed E-state index contributed by atoms with van der Waals surface area (Å²) in [6.07, 6.45) is 2.61. The lowest BCUT2D eigenvalue weighted by atomic mass is 10.0. The van der Waals surface area contributed by atoms with Crippen LogP contribution in [0.1, 0.15) is 39.4 Å². The molecule has 0 bridgehead atoms. The maximum absolute atomic E-state index is 10.4. The first-order valence-electron chi connectivity index (χ1n) is 7.65. The molecule has 1 saturated carbocycles. The van der Waals surface area contributed by atoms with E-state index in [2.05, 4.69) is 43.5 Å². The SMILES string of the molecule is CCCn1c(CC(O)C2CC2(C)C)nc2ccccc21. The van der Waals surface area contributed by atoms with Crippen molar-refractivity contribution in [1.82, 2.24) is 9.55 Å². The number of aromatic nitrogens is 2. The van der Waals surface area contributed by atoms with Gasteiger partial charge in [-0.2, -0.15) is 0 Å². The molecule has 1 aliphatic carbocycles. The number of aryl methyl sites for hydroxylation is 1. The molecule has 2 aromatic rings. The molecule has 1 aromatic carbocycles. The Balaban J connectivity index is 1.88. The van der Waals surface area contributed by atoms with E-state index in [0.717, 1.165) is 30.7 Å².